The number of nitrogens with zero attached hydrogens (tertiary/aromatic N) is 1. The molecule has 0 aromatic rings. The Hall–Kier alpha value is -0.570. The highest BCUT2D eigenvalue weighted by molar-refractivity contribution is 5.71. The molecule has 2 atom stereocenters. The first-order valence-electron chi connectivity index (χ1n) is 7.14. The van der Waals surface area contributed by atoms with Gasteiger partial charge in [-0.25, -0.2) is 0 Å². The minimum Gasteiger partial charge on any atom is -0.481 e. The van der Waals surface area contributed by atoms with Gasteiger partial charge >= 0.3 is 5.97 Å². The predicted octanol–water partition coefficient (Wildman–Crippen LogP) is 3.00. The second-order valence-corrected chi connectivity index (χ2v) is 5.29. The Balaban J connectivity index is 2.21. The van der Waals surface area contributed by atoms with Gasteiger partial charge in [-0.3, -0.25) is 4.79 Å². The smallest absolute Gasteiger partial charge is 0.308 e. The van der Waals surface area contributed by atoms with Crippen LogP contribution < -0.4 is 0 Å². The summed E-state index contributed by atoms with van der Waals surface area (Å²) in [5.41, 5.74) is 0. The number of carbonyl (C=O) groups is 1. The zero-order chi connectivity index (χ0) is 12.7. The lowest BCUT2D eigenvalue weighted by Crippen LogP contribution is -2.24. The summed E-state index contributed by atoms with van der Waals surface area (Å²) in [6, 6.07) is 0. The van der Waals surface area contributed by atoms with E-state index < -0.39 is 5.97 Å². The van der Waals surface area contributed by atoms with Gasteiger partial charge in [0.1, 0.15) is 0 Å². The van der Waals surface area contributed by atoms with E-state index in [2.05, 4.69) is 18.7 Å². The molecule has 1 rings (SSSR count). The molecule has 1 fully saturated rings. The molecule has 100 valence electrons. The molecular weight excluding hydrogens is 214 g/mol. The molecule has 1 heterocycles. The zero-order valence-electron chi connectivity index (χ0n) is 11.3. The van der Waals surface area contributed by atoms with Gasteiger partial charge in [0.25, 0.3) is 0 Å². The topological polar surface area (TPSA) is 40.5 Å². The van der Waals surface area contributed by atoms with Crippen LogP contribution in [-0.2, 0) is 4.79 Å². The van der Waals surface area contributed by atoms with Gasteiger partial charge in [0, 0.05) is 13.1 Å². The summed E-state index contributed by atoms with van der Waals surface area (Å²) in [5, 5.41) is 9.15. The second kappa shape index (κ2) is 7.70. The molecule has 3 heteroatoms. The highest BCUT2D eigenvalue weighted by Gasteiger charge is 2.35. The number of rotatable bonds is 8. The maximum absolute atomic E-state index is 11.1. The standard InChI is InChI=1S/C14H27NO2/c1-3-5-6-7-8-9-15-10-12(4-2)13(11-15)14(16)17/h12-13H,3-11H2,1-2H3,(H,16,17)/t12?,13-/m0/s1. The fourth-order valence-electron chi connectivity index (χ4n) is 2.78. The van der Waals surface area contributed by atoms with Crippen LogP contribution in [0, 0.1) is 11.8 Å². The van der Waals surface area contributed by atoms with E-state index in [4.69, 9.17) is 5.11 Å². The number of likely N-dealkylation sites (tertiary alicyclic amines) is 1. The quantitative estimate of drug-likeness (QED) is 0.664. The molecule has 0 aromatic heterocycles. The van der Waals surface area contributed by atoms with Crippen LogP contribution in [0.4, 0.5) is 0 Å². The molecule has 0 aromatic carbocycles. The maximum Gasteiger partial charge on any atom is 0.308 e. The molecule has 0 aliphatic carbocycles. The summed E-state index contributed by atoms with van der Waals surface area (Å²) < 4.78 is 0. The average molecular weight is 241 g/mol. The summed E-state index contributed by atoms with van der Waals surface area (Å²) in [5.74, 6) is -0.371. The van der Waals surface area contributed by atoms with Crippen LogP contribution in [0.2, 0.25) is 0 Å². The first-order valence-corrected chi connectivity index (χ1v) is 7.14. The molecule has 1 N–H and O–H groups in total. The third kappa shape index (κ3) is 4.66. The van der Waals surface area contributed by atoms with Crippen molar-refractivity contribution in [3.8, 4) is 0 Å². The molecule has 1 aliphatic rings. The van der Waals surface area contributed by atoms with Gasteiger partial charge in [0.05, 0.1) is 5.92 Å². The molecule has 1 unspecified atom stereocenters. The fourth-order valence-corrected chi connectivity index (χ4v) is 2.78. The highest BCUT2D eigenvalue weighted by atomic mass is 16.4. The van der Waals surface area contributed by atoms with Gasteiger partial charge in [-0.05, 0) is 18.9 Å². The van der Waals surface area contributed by atoms with Crippen molar-refractivity contribution in [3.05, 3.63) is 0 Å². The van der Waals surface area contributed by atoms with Crippen molar-refractivity contribution in [1.29, 1.82) is 0 Å². The molecule has 1 aliphatic heterocycles. The van der Waals surface area contributed by atoms with Crippen LogP contribution in [0.25, 0.3) is 0 Å². The lowest BCUT2D eigenvalue weighted by Gasteiger charge is -2.14. The fraction of sp³-hybridized carbons (Fsp3) is 0.929. The van der Waals surface area contributed by atoms with E-state index in [1.54, 1.807) is 0 Å². The molecule has 0 amide bonds. The zero-order valence-corrected chi connectivity index (χ0v) is 11.3. The Morgan fingerprint density at radius 1 is 1.18 bits per heavy atom. The lowest BCUT2D eigenvalue weighted by atomic mass is 9.94. The van der Waals surface area contributed by atoms with Gasteiger partial charge in [0.15, 0.2) is 0 Å². The Morgan fingerprint density at radius 3 is 2.41 bits per heavy atom. The Kier molecular flexibility index (Phi) is 6.56. The number of carboxylic acid groups (broad SMARTS) is 1. The van der Waals surface area contributed by atoms with Gasteiger partial charge in [-0.2, -0.15) is 0 Å². The maximum atomic E-state index is 11.1. The van der Waals surface area contributed by atoms with E-state index in [1.807, 2.05) is 0 Å². The highest BCUT2D eigenvalue weighted by Crippen LogP contribution is 2.26. The monoisotopic (exact) mass is 241 g/mol. The van der Waals surface area contributed by atoms with Crippen molar-refractivity contribution in [2.24, 2.45) is 11.8 Å². The summed E-state index contributed by atoms with van der Waals surface area (Å²) in [4.78, 5) is 13.5. The third-order valence-corrected chi connectivity index (χ3v) is 3.94. The number of carboxylic acids is 1. The van der Waals surface area contributed by atoms with Crippen molar-refractivity contribution in [2.45, 2.75) is 52.4 Å². The molecule has 0 spiro atoms. The number of aliphatic carboxylic acids is 1. The van der Waals surface area contributed by atoms with Gasteiger partial charge in [0.2, 0.25) is 0 Å². The first kappa shape index (κ1) is 14.5. The van der Waals surface area contributed by atoms with Crippen LogP contribution in [0.5, 0.6) is 0 Å². The van der Waals surface area contributed by atoms with Crippen molar-refractivity contribution < 1.29 is 9.90 Å². The second-order valence-electron chi connectivity index (χ2n) is 5.29. The number of hydrogen-bond acceptors (Lipinski definition) is 2. The van der Waals surface area contributed by atoms with E-state index in [9.17, 15) is 4.79 Å². The Bertz CT molecular complexity index is 230. The first-order chi connectivity index (χ1) is 8.19. The molecule has 0 bridgehead atoms. The minimum atomic E-state index is -0.606. The van der Waals surface area contributed by atoms with Gasteiger partial charge < -0.3 is 10.0 Å². The van der Waals surface area contributed by atoms with Gasteiger partial charge in [-0.1, -0.05) is 46.0 Å². The van der Waals surface area contributed by atoms with Crippen molar-refractivity contribution in [1.82, 2.24) is 4.90 Å². The SMILES string of the molecule is CCCCCCCN1CC(CC)[C@@H](C(=O)O)C1. The molecule has 1 saturated heterocycles. The number of unbranched alkanes of at least 4 members (excludes halogenated alkanes) is 4. The van der Waals surface area contributed by atoms with Crippen LogP contribution in [0.1, 0.15) is 52.4 Å². The van der Waals surface area contributed by atoms with E-state index in [1.165, 1.54) is 32.1 Å². The van der Waals surface area contributed by atoms with Crippen molar-refractivity contribution >= 4 is 5.97 Å². The van der Waals surface area contributed by atoms with E-state index >= 15 is 0 Å². The predicted molar refractivity (Wildman–Crippen MR) is 70.1 cm³/mol. The number of hydrogen-bond donors (Lipinski definition) is 1. The molecule has 17 heavy (non-hydrogen) atoms. The van der Waals surface area contributed by atoms with E-state index in [-0.39, 0.29) is 5.92 Å². The summed E-state index contributed by atoms with van der Waals surface area (Å²) in [6.07, 6.45) is 7.44. The summed E-state index contributed by atoms with van der Waals surface area (Å²) in [7, 11) is 0. The molecule has 3 nitrogen and oxygen atoms in total. The summed E-state index contributed by atoms with van der Waals surface area (Å²) in [6.45, 7) is 7.17. The molecule has 0 radical (unpaired) electrons. The molecular formula is C14H27NO2. The largest absolute Gasteiger partial charge is 0.481 e. The Morgan fingerprint density at radius 2 is 1.88 bits per heavy atom. The van der Waals surface area contributed by atoms with Crippen LogP contribution in [0.15, 0.2) is 0 Å². The van der Waals surface area contributed by atoms with Crippen LogP contribution >= 0.6 is 0 Å². The van der Waals surface area contributed by atoms with Crippen molar-refractivity contribution in [2.75, 3.05) is 19.6 Å². The van der Waals surface area contributed by atoms with E-state index in [0.29, 0.717) is 5.92 Å². The lowest BCUT2D eigenvalue weighted by molar-refractivity contribution is -0.142. The average Bonchev–Trinajstić information content (AvgIpc) is 2.72. The normalized spacial score (nSPS) is 25.3. The van der Waals surface area contributed by atoms with Crippen LogP contribution in [0.3, 0.4) is 0 Å². The van der Waals surface area contributed by atoms with Crippen LogP contribution in [-0.4, -0.2) is 35.6 Å². The van der Waals surface area contributed by atoms with E-state index in [0.717, 1.165) is 26.1 Å². The Labute approximate surface area is 105 Å². The molecule has 0 saturated carbocycles. The summed E-state index contributed by atoms with van der Waals surface area (Å²) >= 11 is 0. The minimum absolute atomic E-state index is 0.129. The third-order valence-electron chi connectivity index (χ3n) is 3.94. The van der Waals surface area contributed by atoms with Gasteiger partial charge in [-0.15, -0.1) is 0 Å². The van der Waals surface area contributed by atoms with Crippen molar-refractivity contribution in [3.63, 3.8) is 0 Å².